The number of hydrogen-bond donors (Lipinski definition) is 2. The highest BCUT2D eigenvalue weighted by Crippen LogP contribution is 2.26. The van der Waals surface area contributed by atoms with Gasteiger partial charge in [0.15, 0.2) is 0 Å². The molecule has 0 bridgehead atoms. The molecule has 0 aliphatic rings. The number of phenols is 1. The fraction of sp³-hybridized carbons (Fsp3) is 0. The molecule has 2 rings (SSSR count). The lowest BCUT2D eigenvalue weighted by molar-refractivity contribution is 0.0694. The van der Waals surface area contributed by atoms with Crippen molar-refractivity contribution in [3.63, 3.8) is 0 Å². The zero-order chi connectivity index (χ0) is 13.8. The summed E-state index contributed by atoms with van der Waals surface area (Å²) in [4.78, 5) is 10.7. The molecule has 0 aromatic heterocycles. The molecule has 2 aromatic carbocycles. The Kier molecular flexibility index (Phi) is 3.77. The van der Waals surface area contributed by atoms with Crippen LogP contribution in [0.4, 0.5) is 11.4 Å². The van der Waals surface area contributed by atoms with E-state index in [0.29, 0.717) is 16.4 Å². The Balaban J connectivity index is 2.22. The molecule has 19 heavy (non-hydrogen) atoms. The van der Waals surface area contributed by atoms with Crippen LogP contribution in [0.3, 0.4) is 0 Å². The van der Waals surface area contributed by atoms with Gasteiger partial charge in [-0.3, -0.25) is 0 Å². The van der Waals surface area contributed by atoms with Gasteiger partial charge in [-0.05, 0) is 36.4 Å². The molecule has 0 saturated carbocycles. The summed E-state index contributed by atoms with van der Waals surface area (Å²) in [5.74, 6) is -1.54. The highest BCUT2D eigenvalue weighted by Gasteiger charge is 2.09. The van der Waals surface area contributed by atoms with E-state index in [9.17, 15) is 9.90 Å². The third kappa shape index (κ3) is 3.29. The molecule has 0 unspecified atom stereocenters. The van der Waals surface area contributed by atoms with Crippen LogP contribution in [0.1, 0.15) is 10.4 Å². The zero-order valence-corrected chi connectivity index (χ0v) is 10.4. The molecule has 0 atom stereocenters. The number of carboxylic acids is 1. The molecule has 0 spiro atoms. The maximum atomic E-state index is 10.7. The van der Waals surface area contributed by atoms with E-state index in [1.807, 2.05) is 0 Å². The van der Waals surface area contributed by atoms with Gasteiger partial charge in [-0.25, -0.2) is 4.79 Å². The third-order valence-corrected chi connectivity index (χ3v) is 2.57. The van der Waals surface area contributed by atoms with Gasteiger partial charge in [0.25, 0.3) is 0 Å². The minimum Gasteiger partial charge on any atom is -0.507 e. The molecule has 0 amide bonds. The van der Waals surface area contributed by atoms with Gasteiger partial charge in [-0.2, -0.15) is 10.2 Å². The van der Waals surface area contributed by atoms with Crippen LogP contribution in [0, 0.1) is 0 Å². The van der Waals surface area contributed by atoms with Crippen LogP contribution in [0.2, 0.25) is 5.02 Å². The quantitative estimate of drug-likeness (QED) is 0.826. The summed E-state index contributed by atoms with van der Waals surface area (Å²) in [6.45, 7) is 0. The Morgan fingerprint density at radius 1 is 1.00 bits per heavy atom. The lowest BCUT2D eigenvalue weighted by Gasteiger charge is -1.99. The number of halogens is 1. The van der Waals surface area contributed by atoms with Crippen molar-refractivity contribution >= 4 is 28.9 Å². The predicted octanol–water partition coefficient (Wildman–Crippen LogP) is 4.16. The minimum absolute atomic E-state index is 0.176. The fourth-order valence-electron chi connectivity index (χ4n) is 1.39. The number of aromatic hydroxyl groups is 1. The van der Waals surface area contributed by atoms with Crippen LogP contribution in [-0.2, 0) is 0 Å². The number of rotatable bonds is 3. The number of nitrogens with zero attached hydrogens (tertiary/aromatic N) is 2. The van der Waals surface area contributed by atoms with E-state index in [-0.39, 0.29) is 11.3 Å². The maximum absolute atomic E-state index is 10.7. The first-order valence-corrected chi connectivity index (χ1v) is 5.67. The first-order valence-electron chi connectivity index (χ1n) is 5.30. The standard InChI is InChI=1S/C13H9ClN2O3/c14-8-1-3-9(4-2-8)15-16-10-5-6-11(13(18)19)12(17)7-10/h1-7,17H,(H,18,19). The van der Waals surface area contributed by atoms with E-state index in [2.05, 4.69) is 10.2 Å². The van der Waals surface area contributed by atoms with Crippen LogP contribution in [0.15, 0.2) is 52.7 Å². The average Bonchev–Trinajstić information content (AvgIpc) is 2.37. The maximum Gasteiger partial charge on any atom is 0.339 e. The van der Waals surface area contributed by atoms with E-state index in [1.54, 1.807) is 24.3 Å². The Morgan fingerprint density at radius 3 is 2.16 bits per heavy atom. The molecule has 0 saturated heterocycles. The van der Waals surface area contributed by atoms with E-state index < -0.39 is 5.97 Å². The van der Waals surface area contributed by atoms with E-state index in [4.69, 9.17) is 16.7 Å². The molecule has 0 radical (unpaired) electrons. The Hall–Kier alpha value is -2.40. The number of azo groups is 1. The molecule has 0 aliphatic carbocycles. The molecule has 0 fully saturated rings. The minimum atomic E-state index is -1.20. The molecule has 96 valence electrons. The Bertz CT molecular complexity index is 639. The van der Waals surface area contributed by atoms with Gasteiger partial charge in [0.1, 0.15) is 11.3 Å². The van der Waals surface area contributed by atoms with Crippen molar-refractivity contribution in [3.8, 4) is 5.75 Å². The highest BCUT2D eigenvalue weighted by atomic mass is 35.5. The fourth-order valence-corrected chi connectivity index (χ4v) is 1.51. The molecule has 0 heterocycles. The van der Waals surface area contributed by atoms with Crippen LogP contribution >= 0.6 is 11.6 Å². The van der Waals surface area contributed by atoms with Crippen LogP contribution in [0.25, 0.3) is 0 Å². The van der Waals surface area contributed by atoms with Gasteiger partial charge in [0.2, 0.25) is 0 Å². The molecule has 6 heteroatoms. The van der Waals surface area contributed by atoms with Crippen molar-refractivity contribution < 1.29 is 15.0 Å². The lowest BCUT2D eigenvalue weighted by Crippen LogP contribution is -1.95. The van der Waals surface area contributed by atoms with Crippen LogP contribution < -0.4 is 0 Å². The number of carbonyl (C=O) groups is 1. The van der Waals surface area contributed by atoms with Crippen molar-refractivity contribution in [1.82, 2.24) is 0 Å². The molecular weight excluding hydrogens is 268 g/mol. The summed E-state index contributed by atoms with van der Waals surface area (Å²) in [7, 11) is 0. The van der Waals surface area contributed by atoms with Crippen molar-refractivity contribution in [2.75, 3.05) is 0 Å². The Morgan fingerprint density at radius 2 is 1.58 bits per heavy atom. The third-order valence-electron chi connectivity index (χ3n) is 2.32. The number of hydrogen-bond acceptors (Lipinski definition) is 4. The van der Waals surface area contributed by atoms with Gasteiger partial charge in [-0.1, -0.05) is 11.6 Å². The van der Waals surface area contributed by atoms with Gasteiger partial charge in [0, 0.05) is 11.1 Å². The second-order valence-electron chi connectivity index (χ2n) is 3.68. The van der Waals surface area contributed by atoms with Gasteiger partial charge >= 0.3 is 5.97 Å². The summed E-state index contributed by atoms with van der Waals surface area (Å²) in [5.41, 5.74) is 0.786. The number of aromatic carboxylic acids is 1. The normalized spacial score (nSPS) is 10.8. The van der Waals surface area contributed by atoms with E-state index in [1.165, 1.54) is 18.2 Å². The summed E-state index contributed by atoms with van der Waals surface area (Å²) >= 11 is 5.74. The molecular formula is C13H9ClN2O3. The van der Waals surface area contributed by atoms with Crippen molar-refractivity contribution in [3.05, 3.63) is 53.1 Å². The number of carboxylic acid groups (broad SMARTS) is 1. The lowest BCUT2D eigenvalue weighted by atomic mass is 10.2. The van der Waals surface area contributed by atoms with Gasteiger partial charge in [0.05, 0.1) is 11.4 Å². The predicted molar refractivity (Wildman–Crippen MR) is 70.7 cm³/mol. The average molecular weight is 277 g/mol. The molecule has 5 nitrogen and oxygen atoms in total. The van der Waals surface area contributed by atoms with E-state index in [0.717, 1.165) is 0 Å². The van der Waals surface area contributed by atoms with Crippen LogP contribution in [-0.4, -0.2) is 16.2 Å². The largest absolute Gasteiger partial charge is 0.507 e. The smallest absolute Gasteiger partial charge is 0.339 e. The zero-order valence-electron chi connectivity index (χ0n) is 9.62. The first kappa shape index (κ1) is 13.0. The summed E-state index contributed by atoms with van der Waals surface area (Å²) in [6.07, 6.45) is 0. The Labute approximate surface area is 113 Å². The summed E-state index contributed by atoms with van der Waals surface area (Å²) < 4.78 is 0. The van der Waals surface area contributed by atoms with Gasteiger partial charge in [-0.15, -0.1) is 0 Å². The van der Waals surface area contributed by atoms with E-state index >= 15 is 0 Å². The monoisotopic (exact) mass is 276 g/mol. The van der Waals surface area contributed by atoms with Crippen molar-refractivity contribution in [2.45, 2.75) is 0 Å². The molecule has 2 N–H and O–H groups in total. The highest BCUT2D eigenvalue weighted by molar-refractivity contribution is 6.30. The molecule has 0 aliphatic heterocycles. The number of benzene rings is 2. The van der Waals surface area contributed by atoms with Gasteiger partial charge < -0.3 is 10.2 Å². The summed E-state index contributed by atoms with van der Waals surface area (Å²) in [5, 5.41) is 26.7. The SMILES string of the molecule is O=C(O)c1ccc(N=Nc2ccc(Cl)cc2)cc1O. The second-order valence-corrected chi connectivity index (χ2v) is 4.12. The topological polar surface area (TPSA) is 82.2 Å². The van der Waals surface area contributed by atoms with Crippen LogP contribution in [0.5, 0.6) is 5.75 Å². The molecule has 2 aromatic rings. The first-order chi connectivity index (χ1) is 9.06. The van der Waals surface area contributed by atoms with Crippen molar-refractivity contribution in [1.29, 1.82) is 0 Å². The summed E-state index contributed by atoms with van der Waals surface area (Å²) in [6, 6.07) is 10.7. The van der Waals surface area contributed by atoms with Crippen molar-refractivity contribution in [2.24, 2.45) is 10.2 Å². The second kappa shape index (κ2) is 5.49.